The van der Waals surface area contributed by atoms with E-state index in [9.17, 15) is 0 Å². The van der Waals surface area contributed by atoms with E-state index in [0.29, 0.717) is 5.41 Å². The quantitative estimate of drug-likeness (QED) is 0.558. The summed E-state index contributed by atoms with van der Waals surface area (Å²) in [5.74, 6) is 0. The Kier molecular flexibility index (Phi) is 2.11. The van der Waals surface area contributed by atoms with E-state index in [1.54, 1.807) is 0 Å². The summed E-state index contributed by atoms with van der Waals surface area (Å²) < 4.78 is 0. The molecule has 0 aromatic heterocycles. The lowest BCUT2D eigenvalue weighted by atomic mass is 9.76. The number of nitrogens with zero attached hydrogens (tertiary/aromatic N) is 2. The summed E-state index contributed by atoms with van der Waals surface area (Å²) in [5.41, 5.74) is 1.86. The molecule has 2 heterocycles. The molecule has 13 heavy (non-hydrogen) atoms. The van der Waals surface area contributed by atoms with E-state index in [-0.39, 0.29) is 0 Å². The zero-order valence-corrected chi connectivity index (χ0v) is 8.84. The zero-order valence-electron chi connectivity index (χ0n) is 8.84. The van der Waals surface area contributed by atoms with Crippen LogP contribution >= 0.6 is 0 Å². The molecular weight excluding hydrogens is 160 g/mol. The normalized spacial score (nSPS) is 28.8. The van der Waals surface area contributed by atoms with Gasteiger partial charge in [-0.05, 0) is 39.4 Å². The Labute approximate surface area is 81.2 Å². The first-order chi connectivity index (χ1) is 6.14. The van der Waals surface area contributed by atoms with Gasteiger partial charge in [0, 0.05) is 24.7 Å². The second-order valence-corrected chi connectivity index (χ2v) is 4.70. The fraction of sp³-hybridized carbons (Fsp3) is 0.818. The fourth-order valence-electron chi connectivity index (χ4n) is 2.65. The molecule has 2 saturated heterocycles. The number of rotatable bonds is 0. The van der Waals surface area contributed by atoms with Crippen LogP contribution in [-0.4, -0.2) is 43.5 Å². The fourth-order valence-corrected chi connectivity index (χ4v) is 2.65. The molecule has 2 fully saturated rings. The minimum Gasteiger partial charge on any atom is -0.378 e. The molecule has 0 unspecified atom stereocenters. The van der Waals surface area contributed by atoms with Crippen molar-refractivity contribution in [3.8, 4) is 0 Å². The first kappa shape index (κ1) is 9.07. The number of hydrogen-bond donors (Lipinski definition) is 0. The maximum atomic E-state index is 4.24. The molecule has 2 heteroatoms. The Bertz CT molecular complexity index is 214. The number of hydrogen-bond acceptors (Lipinski definition) is 2. The van der Waals surface area contributed by atoms with Gasteiger partial charge < -0.3 is 9.80 Å². The van der Waals surface area contributed by atoms with Crippen LogP contribution < -0.4 is 0 Å². The molecule has 74 valence electrons. The summed E-state index contributed by atoms with van der Waals surface area (Å²) >= 11 is 0. The molecule has 1 spiro atoms. The minimum absolute atomic E-state index is 0.473. The lowest BCUT2D eigenvalue weighted by Crippen LogP contribution is -2.38. The van der Waals surface area contributed by atoms with E-state index < -0.39 is 0 Å². The molecule has 0 aromatic carbocycles. The highest BCUT2D eigenvalue weighted by atomic mass is 15.2. The Hall–Kier alpha value is -0.500. The molecule has 0 aliphatic carbocycles. The number of likely N-dealkylation sites (tertiary alicyclic amines) is 2. The lowest BCUT2D eigenvalue weighted by molar-refractivity contribution is 0.158. The van der Waals surface area contributed by atoms with Crippen LogP contribution in [0, 0.1) is 5.41 Å². The van der Waals surface area contributed by atoms with Gasteiger partial charge in [0.2, 0.25) is 0 Å². The Morgan fingerprint density at radius 1 is 1.08 bits per heavy atom. The molecule has 0 N–H and O–H groups in total. The Morgan fingerprint density at radius 2 is 1.62 bits per heavy atom. The maximum Gasteiger partial charge on any atom is 0.0180 e. The van der Waals surface area contributed by atoms with Gasteiger partial charge in [0.25, 0.3) is 0 Å². The molecule has 0 atom stereocenters. The lowest BCUT2D eigenvalue weighted by Gasteiger charge is -2.38. The molecular formula is C11H20N2. The molecule has 0 aromatic rings. The van der Waals surface area contributed by atoms with Crippen LogP contribution in [0.3, 0.4) is 0 Å². The summed E-state index contributed by atoms with van der Waals surface area (Å²) in [5, 5.41) is 0. The Morgan fingerprint density at radius 3 is 2.08 bits per heavy atom. The standard InChI is InChI=1S/C11H20N2/c1-10-11(6-9-13(10)3)4-7-12(2)8-5-11/h1,4-9H2,2-3H3. The van der Waals surface area contributed by atoms with Crippen LogP contribution in [0.5, 0.6) is 0 Å². The van der Waals surface area contributed by atoms with Gasteiger partial charge in [-0.2, -0.15) is 0 Å². The SMILES string of the molecule is C=C1N(C)CCC12CCN(C)CC2. The summed E-state index contributed by atoms with van der Waals surface area (Å²) in [6.45, 7) is 7.94. The van der Waals surface area contributed by atoms with Gasteiger partial charge in [-0.3, -0.25) is 0 Å². The molecule has 2 aliphatic heterocycles. The summed E-state index contributed by atoms with van der Waals surface area (Å²) in [4.78, 5) is 4.77. The van der Waals surface area contributed by atoms with Gasteiger partial charge in [-0.15, -0.1) is 0 Å². The third kappa shape index (κ3) is 1.37. The molecule has 2 rings (SSSR count). The van der Waals surface area contributed by atoms with E-state index in [1.807, 2.05) is 0 Å². The number of allylic oxidation sites excluding steroid dienone is 1. The van der Waals surface area contributed by atoms with E-state index >= 15 is 0 Å². The first-order valence-corrected chi connectivity index (χ1v) is 5.23. The predicted molar refractivity (Wildman–Crippen MR) is 55.6 cm³/mol. The van der Waals surface area contributed by atoms with Crippen molar-refractivity contribution in [3.05, 3.63) is 12.3 Å². The largest absolute Gasteiger partial charge is 0.378 e. The van der Waals surface area contributed by atoms with Gasteiger partial charge in [0.05, 0.1) is 0 Å². The number of piperidine rings is 1. The van der Waals surface area contributed by atoms with Crippen LogP contribution in [0.25, 0.3) is 0 Å². The van der Waals surface area contributed by atoms with Gasteiger partial charge in [-0.1, -0.05) is 6.58 Å². The average molecular weight is 180 g/mol. The van der Waals surface area contributed by atoms with Gasteiger partial charge in [0.1, 0.15) is 0 Å². The van der Waals surface area contributed by atoms with E-state index in [4.69, 9.17) is 0 Å². The van der Waals surface area contributed by atoms with Crippen LogP contribution in [0.4, 0.5) is 0 Å². The zero-order chi connectivity index (χ0) is 9.47. The third-order valence-electron chi connectivity index (χ3n) is 3.94. The molecule has 0 saturated carbocycles. The van der Waals surface area contributed by atoms with Crippen molar-refractivity contribution in [2.45, 2.75) is 19.3 Å². The minimum atomic E-state index is 0.473. The van der Waals surface area contributed by atoms with Crippen molar-refractivity contribution < 1.29 is 0 Å². The van der Waals surface area contributed by atoms with Crippen LogP contribution in [-0.2, 0) is 0 Å². The highest BCUT2D eigenvalue weighted by Gasteiger charge is 2.41. The van der Waals surface area contributed by atoms with Gasteiger partial charge in [0.15, 0.2) is 0 Å². The van der Waals surface area contributed by atoms with Gasteiger partial charge in [-0.25, -0.2) is 0 Å². The summed E-state index contributed by atoms with van der Waals surface area (Å²) in [6, 6.07) is 0. The second kappa shape index (κ2) is 3.02. The van der Waals surface area contributed by atoms with Crippen molar-refractivity contribution in [1.29, 1.82) is 0 Å². The van der Waals surface area contributed by atoms with Crippen LogP contribution in [0.1, 0.15) is 19.3 Å². The molecule has 2 aliphatic rings. The smallest absolute Gasteiger partial charge is 0.0180 e. The molecule has 0 bridgehead atoms. The molecule has 2 nitrogen and oxygen atoms in total. The van der Waals surface area contributed by atoms with Crippen molar-refractivity contribution in [2.24, 2.45) is 5.41 Å². The molecule has 0 amide bonds. The Balaban J connectivity index is 2.09. The van der Waals surface area contributed by atoms with Crippen molar-refractivity contribution in [3.63, 3.8) is 0 Å². The van der Waals surface area contributed by atoms with Crippen molar-refractivity contribution >= 4 is 0 Å². The predicted octanol–water partition coefficient (Wildman–Crippen LogP) is 1.55. The second-order valence-electron chi connectivity index (χ2n) is 4.70. The summed E-state index contributed by atoms with van der Waals surface area (Å²) in [6.07, 6.45) is 3.95. The van der Waals surface area contributed by atoms with Crippen molar-refractivity contribution in [1.82, 2.24) is 9.80 Å². The van der Waals surface area contributed by atoms with Crippen LogP contribution in [0.2, 0.25) is 0 Å². The van der Waals surface area contributed by atoms with E-state index in [1.165, 1.54) is 44.6 Å². The van der Waals surface area contributed by atoms with E-state index in [0.717, 1.165) is 0 Å². The monoisotopic (exact) mass is 180 g/mol. The average Bonchev–Trinajstić information content (AvgIpc) is 2.40. The maximum absolute atomic E-state index is 4.24. The van der Waals surface area contributed by atoms with Gasteiger partial charge >= 0.3 is 0 Å². The highest BCUT2D eigenvalue weighted by Crippen LogP contribution is 2.46. The highest BCUT2D eigenvalue weighted by molar-refractivity contribution is 5.15. The van der Waals surface area contributed by atoms with E-state index in [2.05, 4.69) is 30.5 Å². The molecule has 0 radical (unpaired) electrons. The third-order valence-corrected chi connectivity index (χ3v) is 3.94. The first-order valence-electron chi connectivity index (χ1n) is 5.23. The topological polar surface area (TPSA) is 6.48 Å². The van der Waals surface area contributed by atoms with Crippen molar-refractivity contribution in [2.75, 3.05) is 33.7 Å². The summed E-state index contributed by atoms with van der Waals surface area (Å²) in [7, 11) is 4.39. The van der Waals surface area contributed by atoms with Crippen LogP contribution in [0.15, 0.2) is 12.3 Å².